The lowest BCUT2D eigenvalue weighted by Gasteiger charge is -2.20. The molecule has 0 aliphatic heterocycles. The van der Waals surface area contributed by atoms with Gasteiger partial charge in [-0.3, -0.25) is 4.79 Å². The van der Waals surface area contributed by atoms with Crippen molar-refractivity contribution in [3.05, 3.63) is 52.9 Å². The number of aromatic nitrogens is 1. The van der Waals surface area contributed by atoms with Crippen LogP contribution in [0.15, 0.2) is 41.0 Å². The molecule has 2 heterocycles. The minimum Gasteiger partial charge on any atom is -0.457 e. The maximum Gasteiger partial charge on any atom is 0.375 e. The van der Waals surface area contributed by atoms with Crippen LogP contribution in [0.25, 0.3) is 10.2 Å². The quantitative estimate of drug-likeness (QED) is 0.654. The molecule has 0 fully saturated rings. The first kappa shape index (κ1) is 17.2. The van der Waals surface area contributed by atoms with Crippen LogP contribution < -0.4 is 0 Å². The number of carbonyl (C=O) groups is 2. The van der Waals surface area contributed by atoms with Gasteiger partial charge in [0, 0.05) is 12.6 Å². The van der Waals surface area contributed by atoms with Crippen molar-refractivity contribution in [1.82, 2.24) is 9.88 Å². The largest absolute Gasteiger partial charge is 0.457 e. The number of esters is 1. The third-order valence-electron chi connectivity index (χ3n) is 3.77. The minimum absolute atomic E-state index is 0.119. The Bertz CT molecular complexity index is 882. The van der Waals surface area contributed by atoms with Gasteiger partial charge in [-0.05, 0) is 32.0 Å². The second kappa shape index (κ2) is 7.06. The molecule has 0 N–H and O–H groups in total. The van der Waals surface area contributed by atoms with E-state index in [1.807, 2.05) is 24.3 Å². The van der Waals surface area contributed by atoms with Gasteiger partial charge in [0.1, 0.15) is 5.01 Å². The molecule has 130 valence electrons. The number of fused-ring (bicyclic) bond motifs is 1. The van der Waals surface area contributed by atoms with Gasteiger partial charge in [-0.25, -0.2) is 9.78 Å². The van der Waals surface area contributed by atoms with E-state index in [1.165, 1.54) is 11.2 Å². The van der Waals surface area contributed by atoms with Crippen molar-refractivity contribution in [2.75, 3.05) is 7.05 Å². The molecule has 3 rings (SSSR count). The van der Waals surface area contributed by atoms with Gasteiger partial charge >= 0.3 is 5.97 Å². The van der Waals surface area contributed by atoms with Crippen molar-refractivity contribution in [2.45, 2.75) is 26.5 Å². The number of hydrogen-bond acceptors (Lipinski definition) is 6. The number of likely N-dealkylation sites (N-methyl/N-ethyl adjacent to an activating group) is 1. The normalized spacial score (nSPS) is 12.1. The fourth-order valence-electron chi connectivity index (χ4n) is 2.43. The molecule has 25 heavy (non-hydrogen) atoms. The third kappa shape index (κ3) is 3.71. The van der Waals surface area contributed by atoms with Gasteiger partial charge < -0.3 is 14.1 Å². The third-order valence-corrected chi connectivity index (χ3v) is 4.79. The van der Waals surface area contributed by atoms with E-state index in [2.05, 4.69) is 4.98 Å². The molecular formula is C18H18N2O4S. The van der Waals surface area contributed by atoms with Crippen LogP contribution in [0, 0.1) is 6.92 Å². The number of rotatable bonds is 5. The molecule has 0 saturated heterocycles. The molecule has 0 aliphatic carbocycles. The molecule has 0 aliphatic rings. The molecule has 3 aromatic rings. The first-order valence-electron chi connectivity index (χ1n) is 7.80. The highest BCUT2D eigenvalue weighted by Crippen LogP contribution is 2.22. The molecule has 0 bridgehead atoms. The second-order valence-electron chi connectivity index (χ2n) is 5.75. The Morgan fingerprint density at radius 2 is 2.08 bits per heavy atom. The standard InChI is InChI=1S/C18H18N2O4S/c1-11-8-9-23-16(11)18(22)24-12(2)17(21)20(3)10-15-19-13-6-4-5-7-14(13)25-15/h4-9,12H,10H2,1-3H3. The number of aryl methyl sites for hydroxylation is 1. The molecule has 2 aromatic heterocycles. The zero-order valence-corrected chi connectivity index (χ0v) is 15.0. The summed E-state index contributed by atoms with van der Waals surface area (Å²) in [5, 5.41) is 0.831. The summed E-state index contributed by atoms with van der Waals surface area (Å²) in [6, 6.07) is 9.49. The average molecular weight is 358 g/mol. The highest BCUT2D eigenvalue weighted by molar-refractivity contribution is 7.18. The molecule has 1 unspecified atom stereocenters. The van der Waals surface area contributed by atoms with E-state index in [0.717, 1.165) is 15.2 Å². The van der Waals surface area contributed by atoms with Crippen LogP contribution in [0.1, 0.15) is 28.0 Å². The van der Waals surface area contributed by atoms with Crippen molar-refractivity contribution >= 4 is 33.4 Å². The van der Waals surface area contributed by atoms with Crippen LogP contribution in [-0.2, 0) is 16.1 Å². The Labute approximate surface area is 149 Å². The van der Waals surface area contributed by atoms with Gasteiger partial charge in [-0.1, -0.05) is 12.1 Å². The number of hydrogen-bond donors (Lipinski definition) is 0. The van der Waals surface area contributed by atoms with Crippen LogP contribution in [0.3, 0.4) is 0 Å². The molecule has 7 heteroatoms. The lowest BCUT2D eigenvalue weighted by molar-refractivity contribution is -0.139. The van der Waals surface area contributed by atoms with Crippen LogP contribution in [-0.4, -0.2) is 34.9 Å². The zero-order valence-electron chi connectivity index (χ0n) is 14.2. The lowest BCUT2D eigenvalue weighted by Crippen LogP contribution is -2.37. The van der Waals surface area contributed by atoms with Crippen LogP contribution in [0.5, 0.6) is 0 Å². The lowest BCUT2D eigenvalue weighted by atomic mass is 10.3. The van der Waals surface area contributed by atoms with Gasteiger partial charge in [0.05, 0.1) is 23.0 Å². The van der Waals surface area contributed by atoms with E-state index in [9.17, 15) is 9.59 Å². The summed E-state index contributed by atoms with van der Waals surface area (Å²) in [4.78, 5) is 30.5. The van der Waals surface area contributed by atoms with Crippen LogP contribution >= 0.6 is 11.3 Å². The van der Waals surface area contributed by atoms with Gasteiger partial charge in [-0.15, -0.1) is 11.3 Å². The molecule has 1 atom stereocenters. The highest BCUT2D eigenvalue weighted by atomic mass is 32.1. The fraction of sp³-hybridized carbons (Fsp3) is 0.278. The van der Waals surface area contributed by atoms with E-state index >= 15 is 0 Å². The second-order valence-corrected chi connectivity index (χ2v) is 6.87. The summed E-state index contributed by atoms with van der Waals surface area (Å²) in [5.41, 5.74) is 1.59. The molecule has 0 saturated carbocycles. The number of carbonyl (C=O) groups excluding carboxylic acids is 2. The maximum absolute atomic E-state index is 12.4. The first-order chi connectivity index (χ1) is 12.0. The number of benzene rings is 1. The van der Waals surface area contributed by atoms with Gasteiger partial charge in [0.2, 0.25) is 5.76 Å². The number of nitrogens with zero attached hydrogens (tertiary/aromatic N) is 2. The molecule has 6 nitrogen and oxygen atoms in total. The predicted octanol–water partition coefficient (Wildman–Crippen LogP) is 3.40. The fourth-order valence-corrected chi connectivity index (χ4v) is 3.45. The molecular weight excluding hydrogens is 340 g/mol. The Morgan fingerprint density at radius 3 is 2.76 bits per heavy atom. The van der Waals surface area contributed by atoms with Gasteiger partial charge in [0.25, 0.3) is 5.91 Å². The number of furan rings is 1. The van der Waals surface area contributed by atoms with Crippen molar-refractivity contribution in [1.29, 1.82) is 0 Å². The summed E-state index contributed by atoms with van der Waals surface area (Å²) in [5.74, 6) is -0.818. The van der Waals surface area contributed by atoms with E-state index < -0.39 is 12.1 Å². The van der Waals surface area contributed by atoms with Crippen LogP contribution in [0.2, 0.25) is 0 Å². The Hall–Kier alpha value is -2.67. The van der Waals surface area contributed by atoms with E-state index in [1.54, 1.807) is 38.3 Å². The molecule has 0 radical (unpaired) electrons. The zero-order chi connectivity index (χ0) is 18.0. The summed E-state index contributed by atoms with van der Waals surface area (Å²) in [7, 11) is 1.66. The number of thiazole rings is 1. The highest BCUT2D eigenvalue weighted by Gasteiger charge is 2.25. The molecule has 1 aromatic carbocycles. The summed E-state index contributed by atoms with van der Waals surface area (Å²) in [6.45, 7) is 3.65. The number of para-hydroxylation sites is 1. The monoisotopic (exact) mass is 358 g/mol. The van der Waals surface area contributed by atoms with E-state index in [0.29, 0.717) is 12.1 Å². The summed E-state index contributed by atoms with van der Waals surface area (Å²) < 4.78 is 11.4. The van der Waals surface area contributed by atoms with Gasteiger partial charge in [0.15, 0.2) is 6.10 Å². The van der Waals surface area contributed by atoms with Crippen molar-refractivity contribution in [3.63, 3.8) is 0 Å². The Balaban J connectivity index is 1.63. The molecule has 1 amide bonds. The average Bonchev–Trinajstić information content (AvgIpc) is 3.19. The Morgan fingerprint density at radius 1 is 1.32 bits per heavy atom. The predicted molar refractivity (Wildman–Crippen MR) is 94.4 cm³/mol. The minimum atomic E-state index is -0.906. The Kier molecular flexibility index (Phi) is 4.85. The van der Waals surface area contributed by atoms with E-state index in [4.69, 9.17) is 9.15 Å². The van der Waals surface area contributed by atoms with Crippen molar-refractivity contribution < 1.29 is 18.7 Å². The summed E-state index contributed by atoms with van der Waals surface area (Å²) >= 11 is 1.54. The summed E-state index contributed by atoms with van der Waals surface area (Å²) in [6.07, 6.45) is 0.508. The smallest absolute Gasteiger partial charge is 0.375 e. The van der Waals surface area contributed by atoms with Crippen molar-refractivity contribution in [3.8, 4) is 0 Å². The van der Waals surface area contributed by atoms with Crippen LogP contribution in [0.4, 0.5) is 0 Å². The number of ether oxygens (including phenoxy) is 1. The van der Waals surface area contributed by atoms with Crippen molar-refractivity contribution in [2.24, 2.45) is 0 Å². The topological polar surface area (TPSA) is 72.6 Å². The molecule has 0 spiro atoms. The SMILES string of the molecule is Cc1ccoc1C(=O)OC(C)C(=O)N(C)Cc1nc2ccccc2s1. The van der Waals surface area contributed by atoms with E-state index in [-0.39, 0.29) is 11.7 Å². The maximum atomic E-state index is 12.4. The van der Waals surface area contributed by atoms with Gasteiger partial charge in [-0.2, -0.15) is 0 Å². The number of amides is 1. The first-order valence-corrected chi connectivity index (χ1v) is 8.62.